The Morgan fingerprint density at radius 2 is 1.06 bits per heavy atom. The molecule has 0 bridgehead atoms. The van der Waals surface area contributed by atoms with Gasteiger partial charge in [0.1, 0.15) is 0 Å². The van der Waals surface area contributed by atoms with E-state index < -0.39 is 0 Å². The van der Waals surface area contributed by atoms with Crippen molar-refractivity contribution in [2.45, 2.75) is 19.4 Å². The number of hydrogen-bond donors (Lipinski definition) is 0. The maximum atomic E-state index is 13.6. The maximum absolute atomic E-state index is 13.6. The lowest BCUT2D eigenvalue weighted by molar-refractivity contribution is -0.129. The van der Waals surface area contributed by atoms with Gasteiger partial charge in [-0.3, -0.25) is 9.59 Å². The first-order chi connectivity index (χ1) is 16.6. The van der Waals surface area contributed by atoms with Gasteiger partial charge in [-0.1, -0.05) is 121 Å². The van der Waals surface area contributed by atoms with E-state index in [-0.39, 0.29) is 24.2 Å². The quantitative estimate of drug-likeness (QED) is 0.218. The van der Waals surface area contributed by atoms with Gasteiger partial charge >= 0.3 is 0 Å². The van der Waals surface area contributed by atoms with E-state index in [1.165, 1.54) is 0 Å². The van der Waals surface area contributed by atoms with Crippen molar-refractivity contribution in [2.75, 3.05) is 0 Å². The van der Waals surface area contributed by atoms with Crippen LogP contribution in [-0.4, -0.2) is 16.6 Å². The number of Topliss-reactive ketones (excluding diaryl/α,β-unsaturated/α-hetero) is 1. The summed E-state index contributed by atoms with van der Waals surface area (Å²) in [6, 6.07) is 38.6. The van der Waals surface area contributed by atoms with Crippen LogP contribution in [0.25, 0.3) is 5.57 Å². The van der Waals surface area contributed by atoms with E-state index in [2.05, 4.69) is 0 Å². The monoisotopic (exact) mass is 445 g/mol. The molecule has 0 heterocycles. The van der Waals surface area contributed by atoms with Crippen LogP contribution in [0.15, 0.2) is 128 Å². The van der Waals surface area contributed by atoms with E-state index in [9.17, 15) is 9.59 Å². The molecule has 0 N–H and O–H groups in total. The third kappa shape index (κ3) is 5.57. The van der Waals surface area contributed by atoms with Gasteiger partial charge in [-0.25, -0.2) is 0 Å². The zero-order chi connectivity index (χ0) is 23.8. The van der Waals surface area contributed by atoms with E-state index in [4.69, 9.17) is 0 Å². The molecule has 1 atom stereocenters. The van der Waals surface area contributed by atoms with Gasteiger partial charge in [0.05, 0.1) is 12.5 Å². The third-order valence-electron chi connectivity index (χ3n) is 5.83. The number of carbonyl (C=O) groups is 2. The SMILES string of the molecule is C[C@H](c1ccccc1)N(C=C(c1ccccc1)c1ccccc1)C(=O)CC(=O)c1ccccc1. The van der Waals surface area contributed by atoms with Gasteiger partial charge < -0.3 is 4.90 Å². The number of carbonyl (C=O) groups excluding carboxylic acids is 2. The molecule has 0 unspecified atom stereocenters. The molecule has 3 heteroatoms. The fraction of sp³-hybridized carbons (Fsp3) is 0.0968. The first kappa shape index (κ1) is 22.9. The molecule has 0 fully saturated rings. The van der Waals surface area contributed by atoms with Crippen molar-refractivity contribution < 1.29 is 9.59 Å². The number of nitrogens with zero attached hydrogens (tertiary/aromatic N) is 1. The van der Waals surface area contributed by atoms with Crippen LogP contribution in [0.3, 0.4) is 0 Å². The Hall–Kier alpha value is -4.24. The smallest absolute Gasteiger partial charge is 0.234 e. The van der Waals surface area contributed by atoms with E-state index in [1.54, 1.807) is 17.0 Å². The van der Waals surface area contributed by atoms with Crippen LogP contribution < -0.4 is 0 Å². The van der Waals surface area contributed by atoms with E-state index in [0.29, 0.717) is 5.56 Å². The first-order valence-electron chi connectivity index (χ1n) is 11.4. The molecule has 4 rings (SSSR count). The summed E-state index contributed by atoms with van der Waals surface area (Å²) < 4.78 is 0. The lowest BCUT2D eigenvalue weighted by Crippen LogP contribution is -2.31. The van der Waals surface area contributed by atoms with Crippen molar-refractivity contribution in [3.05, 3.63) is 150 Å². The van der Waals surface area contributed by atoms with Crippen LogP contribution in [0.5, 0.6) is 0 Å². The highest BCUT2D eigenvalue weighted by Crippen LogP contribution is 2.29. The summed E-state index contributed by atoms with van der Waals surface area (Å²) in [6.45, 7) is 1.99. The first-order valence-corrected chi connectivity index (χ1v) is 11.4. The molecule has 0 saturated carbocycles. The van der Waals surface area contributed by atoms with Crippen LogP contribution in [0, 0.1) is 0 Å². The molecule has 0 saturated heterocycles. The predicted molar refractivity (Wildman–Crippen MR) is 137 cm³/mol. The molecular weight excluding hydrogens is 418 g/mol. The van der Waals surface area contributed by atoms with Gasteiger partial charge in [0.15, 0.2) is 5.78 Å². The lowest BCUT2D eigenvalue weighted by atomic mass is 9.97. The van der Waals surface area contributed by atoms with Crippen molar-refractivity contribution in [2.24, 2.45) is 0 Å². The van der Waals surface area contributed by atoms with Gasteiger partial charge in [0.25, 0.3) is 0 Å². The average molecular weight is 446 g/mol. The standard InChI is InChI=1S/C31H27NO2/c1-24(25-14-6-2-7-15-25)32(31(34)22-30(33)28-20-12-5-13-21-28)23-29(26-16-8-3-9-17-26)27-18-10-4-11-19-27/h2-21,23-24H,22H2,1H3/t24-/m1/s1. The van der Waals surface area contributed by atoms with Gasteiger partial charge in [0, 0.05) is 17.3 Å². The number of ketones is 1. The average Bonchev–Trinajstić information content (AvgIpc) is 2.91. The van der Waals surface area contributed by atoms with Crippen molar-refractivity contribution in [3.63, 3.8) is 0 Å². The molecule has 4 aromatic rings. The second kappa shape index (κ2) is 11.1. The van der Waals surface area contributed by atoms with Crippen molar-refractivity contribution in [1.82, 2.24) is 4.90 Å². The number of amides is 1. The highest BCUT2D eigenvalue weighted by atomic mass is 16.2. The van der Waals surface area contributed by atoms with Crippen LogP contribution in [0.2, 0.25) is 0 Å². The molecule has 0 aliphatic rings. The Bertz CT molecular complexity index is 1210. The Kier molecular flexibility index (Phi) is 7.46. The fourth-order valence-corrected chi connectivity index (χ4v) is 3.94. The second-order valence-corrected chi connectivity index (χ2v) is 8.13. The molecule has 3 nitrogen and oxygen atoms in total. The normalized spacial score (nSPS) is 11.3. The molecule has 1 amide bonds. The summed E-state index contributed by atoms with van der Waals surface area (Å²) in [4.78, 5) is 28.2. The molecular formula is C31H27NO2. The summed E-state index contributed by atoms with van der Waals surface area (Å²) in [5, 5.41) is 0. The van der Waals surface area contributed by atoms with Gasteiger partial charge in [-0.15, -0.1) is 0 Å². The van der Waals surface area contributed by atoms with E-state index in [1.807, 2.05) is 122 Å². The van der Waals surface area contributed by atoms with Crippen LogP contribution in [0.1, 0.15) is 46.4 Å². The molecule has 0 spiro atoms. The van der Waals surface area contributed by atoms with E-state index in [0.717, 1.165) is 22.3 Å². The Labute approximate surface area is 201 Å². The zero-order valence-electron chi connectivity index (χ0n) is 19.2. The summed E-state index contributed by atoms with van der Waals surface area (Å²) in [5.74, 6) is -0.431. The van der Waals surface area contributed by atoms with Crippen molar-refractivity contribution in [3.8, 4) is 0 Å². The summed E-state index contributed by atoms with van der Waals surface area (Å²) in [6.07, 6.45) is 1.69. The Morgan fingerprint density at radius 3 is 1.53 bits per heavy atom. The van der Waals surface area contributed by atoms with Crippen LogP contribution >= 0.6 is 0 Å². The molecule has 34 heavy (non-hydrogen) atoms. The lowest BCUT2D eigenvalue weighted by Gasteiger charge is -2.28. The Balaban J connectivity index is 1.76. The number of rotatable bonds is 8. The van der Waals surface area contributed by atoms with Gasteiger partial charge in [-0.2, -0.15) is 0 Å². The van der Waals surface area contributed by atoms with Crippen LogP contribution in [-0.2, 0) is 4.79 Å². The van der Waals surface area contributed by atoms with E-state index >= 15 is 0 Å². The minimum absolute atomic E-state index is 0.190. The van der Waals surface area contributed by atoms with Crippen LogP contribution in [0.4, 0.5) is 0 Å². The summed E-state index contributed by atoms with van der Waals surface area (Å²) >= 11 is 0. The largest absolute Gasteiger partial charge is 0.311 e. The third-order valence-corrected chi connectivity index (χ3v) is 5.83. The number of benzene rings is 4. The molecule has 4 aromatic carbocycles. The summed E-state index contributed by atoms with van der Waals surface area (Å²) in [7, 11) is 0. The zero-order valence-corrected chi connectivity index (χ0v) is 19.2. The highest BCUT2D eigenvalue weighted by Gasteiger charge is 2.24. The number of hydrogen-bond acceptors (Lipinski definition) is 2. The minimum atomic E-state index is -0.250. The molecule has 0 aromatic heterocycles. The van der Waals surface area contributed by atoms with Crippen molar-refractivity contribution in [1.29, 1.82) is 0 Å². The maximum Gasteiger partial charge on any atom is 0.234 e. The highest BCUT2D eigenvalue weighted by molar-refractivity contribution is 6.07. The molecule has 0 aliphatic heterocycles. The van der Waals surface area contributed by atoms with Crippen molar-refractivity contribution >= 4 is 17.3 Å². The summed E-state index contributed by atoms with van der Waals surface area (Å²) in [5.41, 5.74) is 4.46. The molecule has 0 radical (unpaired) electrons. The van der Waals surface area contributed by atoms with Gasteiger partial charge in [0.2, 0.25) is 5.91 Å². The topological polar surface area (TPSA) is 37.4 Å². The van der Waals surface area contributed by atoms with Gasteiger partial charge in [-0.05, 0) is 23.6 Å². The fourth-order valence-electron chi connectivity index (χ4n) is 3.94. The molecule has 168 valence electrons. The Morgan fingerprint density at radius 1 is 0.647 bits per heavy atom. The predicted octanol–water partition coefficient (Wildman–Crippen LogP) is 6.94. The molecule has 0 aliphatic carbocycles. The second-order valence-electron chi connectivity index (χ2n) is 8.13. The minimum Gasteiger partial charge on any atom is -0.311 e.